The van der Waals surface area contributed by atoms with Gasteiger partial charge in [0.25, 0.3) is 5.91 Å². The van der Waals surface area contributed by atoms with Crippen molar-refractivity contribution in [2.45, 2.75) is 19.0 Å². The Kier molecular flexibility index (Phi) is 4.32. The molecule has 1 unspecified atom stereocenters. The van der Waals surface area contributed by atoms with E-state index in [-0.39, 0.29) is 17.9 Å². The highest BCUT2D eigenvalue weighted by atomic mass is 16.3. The van der Waals surface area contributed by atoms with E-state index < -0.39 is 0 Å². The normalized spacial score (nSPS) is 17.3. The van der Waals surface area contributed by atoms with Crippen LogP contribution in [0.2, 0.25) is 0 Å². The maximum absolute atomic E-state index is 12.4. The van der Waals surface area contributed by atoms with Gasteiger partial charge in [-0.3, -0.25) is 9.59 Å². The summed E-state index contributed by atoms with van der Waals surface area (Å²) in [6.45, 7) is 1.05. The number of likely N-dealkylation sites (tertiary alicyclic amines) is 1. The van der Waals surface area contributed by atoms with E-state index in [1.165, 1.54) is 0 Å². The molecule has 1 fully saturated rings. The van der Waals surface area contributed by atoms with E-state index in [9.17, 15) is 9.59 Å². The number of anilines is 1. The van der Waals surface area contributed by atoms with E-state index in [4.69, 9.17) is 4.42 Å². The SMILES string of the molecule is CN1CCC(Nc2ccccc2C(=O)NCc2ccco2)C1=O. The van der Waals surface area contributed by atoms with Crippen molar-refractivity contribution < 1.29 is 14.0 Å². The molecule has 0 saturated carbocycles. The van der Waals surface area contributed by atoms with Crippen LogP contribution in [-0.2, 0) is 11.3 Å². The zero-order valence-electron chi connectivity index (χ0n) is 12.9. The molecule has 1 atom stereocenters. The second kappa shape index (κ2) is 6.56. The van der Waals surface area contributed by atoms with Gasteiger partial charge in [-0.15, -0.1) is 0 Å². The van der Waals surface area contributed by atoms with Crippen molar-refractivity contribution >= 4 is 17.5 Å². The summed E-state index contributed by atoms with van der Waals surface area (Å²) in [5, 5.41) is 6.01. The van der Waals surface area contributed by atoms with Crippen molar-refractivity contribution in [3.8, 4) is 0 Å². The number of carbonyl (C=O) groups is 2. The quantitative estimate of drug-likeness (QED) is 0.883. The fraction of sp³-hybridized carbons (Fsp3) is 0.294. The highest BCUT2D eigenvalue weighted by Gasteiger charge is 2.29. The summed E-state index contributed by atoms with van der Waals surface area (Å²) in [7, 11) is 1.78. The molecule has 2 N–H and O–H groups in total. The van der Waals surface area contributed by atoms with Gasteiger partial charge in [-0.25, -0.2) is 0 Å². The minimum absolute atomic E-state index is 0.0517. The van der Waals surface area contributed by atoms with Gasteiger partial charge in [-0.05, 0) is 30.7 Å². The number of rotatable bonds is 5. The summed E-state index contributed by atoms with van der Waals surface area (Å²) in [4.78, 5) is 26.1. The van der Waals surface area contributed by atoms with Crippen LogP contribution in [-0.4, -0.2) is 36.3 Å². The summed E-state index contributed by atoms with van der Waals surface area (Å²) in [5.74, 6) is 0.537. The summed E-state index contributed by atoms with van der Waals surface area (Å²) in [5.41, 5.74) is 1.18. The van der Waals surface area contributed by atoms with Gasteiger partial charge in [0, 0.05) is 19.3 Å². The maximum Gasteiger partial charge on any atom is 0.253 e. The minimum atomic E-state index is -0.279. The highest BCUT2D eigenvalue weighted by molar-refractivity contribution is 6.00. The van der Waals surface area contributed by atoms with Crippen molar-refractivity contribution in [2.75, 3.05) is 18.9 Å². The van der Waals surface area contributed by atoms with Crippen molar-refractivity contribution in [1.82, 2.24) is 10.2 Å². The van der Waals surface area contributed by atoms with Crippen LogP contribution in [0.3, 0.4) is 0 Å². The summed E-state index contributed by atoms with van der Waals surface area (Å²) < 4.78 is 5.20. The lowest BCUT2D eigenvalue weighted by atomic mass is 10.1. The first-order valence-corrected chi connectivity index (χ1v) is 7.56. The number of nitrogens with one attached hydrogen (secondary N) is 2. The molecule has 1 aliphatic rings. The molecule has 2 amide bonds. The number of amides is 2. The van der Waals surface area contributed by atoms with Gasteiger partial charge in [0.2, 0.25) is 5.91 Å². The standard InChI is InChI=1S/C17H19N3O3/c1-20-9-8-15(17(20)22)19-14-7-3-2-6-13(14)16(21)18-11-12-5-4-10-23-12/h2-7,10,15,19H,8-9,11H2,1H3,(H,18,21). The van der Waals surface area contributed by atoms with Crippen LogP contribution in [0.15, 0.2) is 47.1 Å². The van der Waals surface area contributed by atoms with Gasteiger partial charge in [-0.1, -0.05) is 12.1 Å². The molecule has 2 heterocycles. The van der Waals surface area contributed by atoms with Crippen LogP contribution in [0.4, 0.5) is 5.69 Å². The Balaban J connectivity index is 1.70. The number of para-hydroxylation sites is 1. The Morgan fingerprint density at radius 1 is 1.30 bits per heavy atom. The first kappa shape index (κ1) is 15.1. The molecule has 3 rings (SSSR count). The van der Waals surface area contributed by atoms with Crippen LogP contribution in [0.1, 0.15) is 22.5 Å². The third-order valence-electron chi connectivity index (χ3n) is 3.93. The van der Waals surface area contributed by atoms with E-state index in [0.29, 0.717) is 23.6 Å². The Morgan fingerprint density at radius 3 is 2.83 bits per heavy atom. The predicted molar refractivity (Wildman–Crippen MR) is 86.0 cm³/mol. The van der Waals surface area contributed by atoms with Gasteiger partial charge in [0.15, 0.2) is 0 Å². The maximum atomic E-state index is 12.4. The number of furan rings is 1. The number of carbonyl (C=O) groups excluding carboxylic acids is 2. The number of nitrogens with zero attached hydrogens (tertiary/aromatic N) is 1. The monoisotopic (exact) mass is 313 g/mol. The molecule has 1 aromatic heterocycles. The zero-order chi connectivity index (χ0) is 16.2. The molecule has 0 bridgehead atoms. The molecular weight excluding hydrogens is 294 g/mol. The first-order valence-electron chi connectivity index (χ1n) is 7.56. The molecule has 120 valence electrons. The molecule has 0 aliphatic carbocycles. The predicted octanol–water partition coefficient (Wildman–Crippen LogP) is 1.85. The second-order valence-electron chi connectivity index (χ2n) is 5.55. The molecule has 0 radical (unpaired) electrons. The van der Waals surface area contributed by atoms with Crippen molar-refractivity contribution in [3.63, 3.8) is 0 Å². The largest absolute Gasteiger partial charge is 0.467 e. The lowest BCUT2D eigenvalue weighted by Gasteiger charge is -2.16. The second-order valence-corrected chi connectivity index (χ2v) is 5.55. The van der Waals surface area contributed by atoms with E-state index in [1.807, 2.05) is 12.1 Å². The number of benzene rings is 1. The van der Waals surface area contributed by atoms with E-state index in [1.54, 1.807) is 42.5 Å². The number of likely N-dealkylation sites (N-methyl/N-ethyl adjacent to an activating group) is 1. The van der Waals surface area contributed by atoms with Gasteiger partial charge in [0.1, 0.15) is 11.8 Å². The van der Waals surface area contributed by atoms with Crippen LogP contribution < -0.4 is 10.6 Å². The summed E-state index contributed by atoms with van der Waals surface area (Å²) in [6, 6.07) is 10.5. The molecule has 1 saturated heterocycles. The van der Waals surface area contributed by atoms with Crippen molar-refractivity contribution in [2.24, 2.45) is 0 Å². The lowest BCUT2D eigenvalue weighted by Crippen LogP contribution is -2.32. The molecular formula is C17H19N3O3. The van der Waals surface area contributed by atoms with Crippen molar-refractivity contribution in [1.29, 1.82) is 0 Å². The average molecular weight is 313 g/mol. The van der Waals surface area contributed by atoms with Gasteiger partial charge in [0.05, 0.1) is 18.4 Å². The molecule has 1 aromatic carbocycles. The fourth-order valence-electron chi connectivity index (χ4n) is 2.63. The summed E-state index contributed by atoms with van der Waals surface area (Å²) >= 11 is 0. The Bertz CT molecular complexity index is 697. The van der Waals surface area contributed by atoms with Crippen LogP contribution >= 0.6 is 0 Å². The number of hydrogen-bond donors (Lipinski definition) is 2. The van der Waals surface area contributed by atoms with Gasteiger partial charge < -0.3 is 20.0 Å². The van der Waals surface area contributed by atoms with E-state index in [2.05, 4.69) is 10.6 Å². The van der Waals surface area contributed by atoms with E-state index >= 15 is 0 Å². The van der Waals surface area contributed by atoms with Crippen LogP contribution in [0.25, 0.3) is 0 Å². The lowest BCUT2D eigenvalue weighted by molar-refractivity contribution is -0.127. The topological polar surface area (TPSA) is 74.6 Å². The molecule has 23 heavy (non-hydrogen) atoms. The van der Waals surface area contributed by atoms with Gasteiger partial charge in [-0.2, -0.15) is 0 Å². The Morgan fingerprint density at radius 2 is 2.13 bits per heavy atom. The first-order chi connectivity index (χ1) is 11.1. The van der Waals surface area contributed by atoms with Crippen LogP contribution in [0, 0.1) is 0 Å². The molecule has 6 heteroatoms. The molecule has 1 aliphatic heterocycles. The van der Waals surface area contributed by atoms with Crippen molar-refractivity contribution in [3.05, 3.63) is 54.0 Å². The average Bonchev–Trinajstić information content (AvgIpc) is 3.19. The third kappa shape index (κ3) is 3.36. The number of hydrogen-bond acceptors (Lipinski definition) is 4. The smallest absolute Gasteiger partial charge is 0.253 e. The molecule has 0 spiro atoms. The fourth-order valence-corrected chi connectivity index (χ4v) is 2.63. The van der Waals surface area contributed by atoms with Gasteiger partial charge >= 0.3 is 0 Å². The summed E-state index contributed by atoms with van der Waals surface area (Å²) in [6.07, 6.45) is 2.30. The molecule has 6 nitrogen and oxygen atoms in total. The third-order valence-corrected chi connectivity index (χ3v) is 3.93. The van der Waals surface area contributed by atoms with Crippen LogP contribution in [0.5, 0.6) is 0 Å². The minimum Gasteiger partial charge on any atom is -0.467 e. The van der Waals surface area contributed by atoms with E-state index in [0.717, 1.165) is 13.0 Å². The molecule has 2 aromatic rings. The Hall–Kier alpha value is -2.76. The Labute approximate surface area is 134 Å². The zero-order valence-corrected chi connectivity index (χ0v) is 12.9. The highest BCUT2D eigenvalue weighted by Crippen LogP contribution is 2.20.